The normalized spacial score (nSPS) is 21.1. The highest BCUT2D eigenvalue weighted by atomic mass is 32.1. The first kappa shape index (κ1) is 17.8. The lowest BCUT2D eigenvalue weighted by molar-refractivity contribution is -0.0528. The van der Waals surface area contributed by atoms with Gasteiger partial charge in [0.05, 0.1) is 17.7 Å². The van der Waals surface area contributed by atoms with Crippen molar-refractivity contribution in [3.63, 3.8) is 0 Å². The maximum absolute atomic E-state index is 5.93. The van der Waals surface area contributed by atoms with Crippen molar-refractivity contribution in [1.82, 2.24) is 9.80 Å². The molecule has 4 nitrogen and oxygen atoms in total. The molecule has 118 valence electrons. The number of hydrogen-bond donors (Lipinski definition) is 1. The quantitative estimate of drug-likeness (QED) is 0.692. The van der Waals surface area contributed by atoms with Gasteiger partial charge in [-0.2, -0.15) is 0 Å². The summed E-state index contributed by atoms with van der Waals surface area (Å²) in [5, 5.41) is 0. The van der Waals surface area contributed by atoms with Crippen molar-refractivity contribution < 1.29 is 4.74 Å². The van der Waals surface area contributed by atoms with Crippen molar-refractivity contribution in [3.05, 3.63) is 0 Å². The van der Waals surface area contributed by atoms with E-state index >= 15 is 0 Å². The summed E-state index contributed by atoms with van der Waals surface area (Å²) in [6, 6.07) is 0.594. The second kappa shape index (κ2) is 8.93. The zero-order valence-electron chi connectivity index (χ0n) is 13.5. The molecule has 1 atom stereocenters. The molecule has 0 radical (unpaired) electrons. The van der Waals surface area contributed by atoms with Crippen LogP contribution < -0.4 is 5.73 Å². The van der Waals surface area contributed by atoms with Gasteiger partial charge in [0.15, 0.2) is 0 Å². The zero-order valence-corrected chi connectivity index (χ0v) is 14.3. The van der Waals surface area contributed by atoms with Crippen LogP contribution in [0.5, 0.6) is 0 Å². The second-order valence-corrected chi connectivity index (χ2v) is 6.98. The Morgan fingerprint density at radius 3 is 2.65 bits per heavy atom. The molecule has 1 heterocycles. The molecule has 0 aliphatic carbocycles. The van der Waals surface area contributed by atoms with Crippen LogP contribution in [0, 0.1) is 5.92 Å². The minimum Gasteiger partial charge on any atom is -0.393 e. The maximum Gasteiger partial charge on any atom is 0.0829 e. The van der Waals surface area contributed by atoms with Crippen LogP contribution in [0.15, 0.2) is 0 Å². The average molecular weight is 302 g/mol. The van der Waals surface area contributed by atoms with E-state index in [1.807, 2.05) is 0 Å². The van der Waals surface area contributed by atoms with E-state index in [2.05, 4.69) is 37.5 Å². The Morgan fingerprint density at radius 1 is 1.40 bits per heavy atom. The molecule has 1 aliphatic rings. The monoisotopic (exact) mass is 301 g/mol. The molecule has 1 unspecified atom stereocenters. The molecule has 5 heteroatoms. The fourth-order valence-corrected chi connectivity index (χ4v) is 2.74. The minimum atomic E-state index is 0.302. The highest BCUT2D eigenvalue weighted by Crippen LogP contribution is 2.11. The topological polar surface area (TPSA) is 41.7 Å². The summed E-state index contributed by atoms with van der Waals surface area (Å²) in [5.74, 6) is 0.645. The highest BCUT2D eigenvalue weighted by Gasteiger charge is 2.24. The van der Waals surface area contributed by atoms with Crippen molar-refractivity contribution in [2.75, 3.05) is 39.3 Å². The number of rotatable bonds is 8. The van der Waals surface area contributed by atoms with E-state index in [0.29, 0.717) is 23.1 Å². The fourth-order valence-electron chi connectivity index (χ4n) is 2.65. The van der Waals surface area contributed by atoms with Crippen molar-refractivity contribution in [3.8, 4) is 0 Å². The third-order valence-corrected chi connectivity index (χ3v) is 3.86. The van der Waals surface area contributed by atoms with Crippen LogP contribution in [0.4, 0.5) is 0 Å². The maximum atomic E-state index is 5.93. The Balaban J connectivity index is 2.47. The van der Waals surface area contributed by atoms with E-state index < -0.39 is 0 Å². The number of morpholine rings is 1. The molecule has 0 aromatic rings. The zero-order chi connectivity index (χ0) is 15.1. The summed E-state index contributed by atoms with van der Waals surface area (Å²) < 4.78 is 5.93. The van der Waals surface area contributed by atoms with Crippen LogP contribution in [0.1, 0.15) is 34.1 Å². The Morgan fingerprint density at radius 2 is 2.10 bits per heavy atom. The van der Waals surface area contributed by atoms with Crippen LogP contribution in [-0.4, -0.2) is 66.3 Å². The molecule has 1 aliphatic heterocycles. The second-order valence-electron chi connectivity index (χ2n) is 6.45. The van der Waals surface area contributed by atoms with E-state index in [1.165, 1.54) is 0 Å². The molecule has 0 spiro atoms. The van der Waals surface area contributed by atoms with Gasteiger partial charge in [-0.1, -0.05) is 26.1 Å². The molecule has 20 heavy (non-hydrogen) atoms. The van der Waals surface area contributed by atoms with E-state index in [1.54, 1.807) is 0 Å². The van der Waals surface area contributed by atoms with Crippen LogP contribution in [-0.2, 0) is 4.74 Å². The van der Waals surface area contributed by atoms with Crippen LogP contribution >= 0.6 is 12.2 Å². The molecule has 0 aromatic carbocycles. The molecule has 2 N–H and O–H groups in total. The third-order valence-electron chi connectivity index (χ3n) is 3.66. The minimum absolute atomic E-state index is 0.302. The van der Waals surface area contributed by atoms with Gasteiger partial charge >= 0.3 is 0 Å². The lowest BCUT2D eigenvalue weighted by Gasteiger charge is -2.38. The van der Waals surface area contributed by atoms with E-state index in [4.69, 9.17) is 22.7 Å². The predicted octanol–water partition coefficient (Wildman–Crippen LogP) is 1.73. The van der Waals surface area contributed by atoms with Crippen LogP contribution in [0.2, 0.25) is 0 Å². The number of nitrogens with zero attached hydrogens (tertiary/aromatic N) is 2. The van der Waals surface area contributed by atoms with Gasteiger partial charge in [-0.05, 0) is 19.8 Å². The first-order chi connectivity index (χ1) is 9.38. The molecule has 0 saturated carbocycles. The van der Waals surface area contributed by atoms with Crippen molar-refractivity contribution >= 4 is 17.2 Å². The van der Waals surface area contributed by atoms with Gasteiger partial charge in [-0.3, -0.25) is 4.90 Å². The van der Waals surface area contributed by atoms with Crippen molar-refractivity contribution in [2.24, 2.45) is 11.7 Å². The van der Waals surface area contributed by atoms with E-state index in [-0.39, 0.29) is 0 Å². The molecule has 1 saturated heterocycles. The Labute approximate surface area is 129 Å². The van der Waals surface area contributed by atoms with E-state index in [9.17, 15) is 0 Å². The van der Waals surface area contributed by atoms with Gasteiger partial charge in [0.2, 0.25) is 0 Å². The number of hydrogen-bond acceptors (Lipinski definition) is 4. The molecule has 0 aromatic heterocycles. The largest absolute Gasteiger partial charge is 0.393 e. The summed E-state index contributed by atoms with van der Waals surface area (Å²) in [5.41, 5.74) is 5.63. The standard InChI is InChI=1S/C15H31N3OS/c1-12(2)9-17(6-5-15(16)20)10-14-11-18(13(3)4)7-8-19-14/h12-14H,5-11H2,1-4H3,(H2,16,20). The van der Waals surface area contributed by atoms with E-state index in [0.717, 1.165) is 45.8 Å². The predicted molar refractivity (Wildman–Crippen MR) is 89.1 cm³/mol. The average Bonchev–Trinajstić information content (AvgIpc) is 2.35. The van der Waals surface area contributed by atoms with Gasteiger partial charge in [0.25, 0.3) is 0 Å². The number of thiocarbonyl (C=S) groups is 1. The van der Waals surface area contributed by atoms with Gasteiger partial charge < -0.3 is 15.4 Å². The molecule has 0 bridgehead atoms. The summed E-state index contributed by atoms with van der Waals surface area (Å²) in [6.07, 6.45) is 1.10. The molecule has 1 fully saturated rings. The lowest BCUT2D eigenvalue weighted by atomic mass is 10.1. The molecule has 0 amide bonds. The summed E-state index contributed by atoms with van der Waals surface area (Å²) in [6.45, 7) is 14.9. The van der Waals surface area contributed by atoms with Crippen LogP contribution in [0.3, 0.4) is 0 Å². The van der Waals surface area contributed by atoms with Gasteiger partial charge in [-0.25, -0.2) is 0 Å². The first-order valence-corrected chi connectivity index (χ1v) is 8.15. The smallest absolute Gasteiger partial charge is 0.0829 e. The molecular formula is C15H31N3OS. The summed E-state index contributed by atoms with van der Waals surface area (Å²) in [7, 11) is 0. The third kappa shape index (κ3) is 6.97. The molecular weight excluding hydrogens is 270 g/mol. The fraction of sp³-hybridized carbons (Fsp3) is 0.933. The van der Waals surface area contributed by atoms with Crippen molar-refractivity contribution in [1.29, 1.82) is 0 Å². The molecule has 1 rings (SSSR count). The Hall–Kier alpha value is -0.230. The summed E-state index contributed by atoms with van der Waals surface area (Å²) >= 11 is 5.00. The number of ether oxygens (including phenoxy) is 1. The Kier molecular flexibility index (Phi) is 7.95. The van der Waals surface area contributed by atoms with Crippen molar-refractivity contribution in [2.45, 2.75) is 46.3 Å². The highest BCUT2D eigenvalue weighted by molar-refractivity contribution is 7.80. The SMILES string of the molecule is CC(C)CN(CCC(N)=S)CC1CN(C(C)C)CCO1. The van der Waals surface area contributed by atoms with Gasteiger partial charge in [0, 0.05) is 45.2 Å². The first-order valence-electron chi connectivity index (χ1n) is 7.74. The van der Waals surface area contributed by atoms with Crippen LogP contribution in [0.25, 0.3) is 0 Å². The Bertz CT molecular complexity index is 297. The number of nitrogens with two attached hydrogens (primary N) is 1. The summed E-state index contributed by atoms with van der Waals surface area (Å²) in [4.78, 5) is 5.54. The van der Waals surface area contributed by atoms with Gasteiger partial charge in [0.1, 0.15) is 0 Å². The van der Waals surface area contributed by atoms with Gasteiger partial charge in [-0.15, -0.1) is 0 Å². The lowest BCUT2D eigenvalue weighted by Crippen LogP contribution is -2.50.